The van der Waals surface area contributed by atoms with Crippen molar-refractivity contribution in [3.63, 3.8) is 0 Å². The predicted molar refractivity (Wildman–Crippen MR) is 116 cm³/mol. The van der Waals surface area contributed by atoms with Crippen LogP contribution in [0.4, 0.5) is 0 Å². The van der Waals surface area contributed by atoms with Crippen molar-refractivity contribution in [2.45, 2.75) is 96.4 Å². The summed E-state index contributed by atoms with van der Waals surface area (Å²) in [6.45, 7) is 2.68. The molecule has 2 nitrogen and oxygen atoms in total. The Balaban J connectivity index is 1.21. The van der Waals surface area contributed by atoms with Crippen LogP contribution in [0.15, 0.2) is 18.7 Å². The third-order valence-corrected chi connectivity index (χ3v) is 11.4. The first-order chi connectivity index (χ1) is 14.1. The molecular formula is C27H40N2. The first-order valence-electron chi connectivity index (χ1n) is 13.1. The second-order valence-electron chi connectivity index (χ2n) is 13.2. The van der Waals surface area contributed by atoms with Crippen molar-refractivity contribution < 1.29 is 0 Å². The largest absolute Gasteiger partial charge is 0.334 e. The molecule has 158 valence electrons. The van der Waals surface area contributed by atoms with Crippen molar-refractivity contribution >= 4 is 0 Å². The number of hydrogen-bond donors (Lipinski definition) is 0. The minimum Gasteiger partial charge on any atom is -0.334 e. The quantitative estimate of drug-likeness (QED) is 0.534. The summed E-state index contributed by atoms with van der Waals surface area (Å²) < 4.78 is 2.59. The van der Waals surface area contributed by atoms with Gasteiger partial charge < -0.3 is 4.57 Å². The molecule has 0 spiro atoms. The van der Waals surface area contributed by atoms with Crippen LogP contribution in [0, 0.1) is 52.3 Å². The molecule has 2 atom stereocenters. The van der Waals surface area contributed by atoms with Crippen LogP contribution >= 0.6 is 0 Å². The molecular weight excluding hydrogens is 352 g/mol. The van der Waals surface area contributed by atoms with Crippen molar-refractivity contribution in [3.8, 4) is 0 Å². The number of imidazole rings is 1. The second-order valence-corrected chi connectivity index (χ2v) is 13.2. The molecule has 0 N–H and O–H groups in total. The maximum Gasteiger partial charge on any atom is 0.0948 e. The van der Waals surface area contributed by atoms with Crippen molar-refractivity contribution in [2.75, 3.05) is 0 Å². The van der Waals surface area contributed by atoms with Gasteiger partial charge in [0.25, 0.3) is 0 Å². The first-order valence-corrected chi connectivity index (χ1v) is 13.1. The van der Waals surface area contributed by atoms with E-state index in [1.165, 1.54) is 25.7 Å². The highest BCUT2D eigenvalue weighted by Crippen LogP contribution is 2.67. The average Bonchev–Trinajstić information content (AvgIpc) is 3.17. The molecule has 8 aliphatic carbocycles. The van der Waals surface area contributed by atoms with E-state index in [1.54, 1.807) is 57.8 Å². The van der Waals surface area contributed by atoms with Gasteiger partial charge in [-0.25, -0.2) is 4.98 Å². The molecule has 8 saturated carbocycles. The summed E-state index contributed by atoms with van der Waals surface area (Å²) in [5.74, 6) is 7.25. The highest BCUT2D eigenvalue weighted by Gasteiger charge is 2.57. The second kappa shape index (κ2) is 6.13. The summed E-state index contributed by atoms with van der Waals surface area (Å²) in [5, 5.41) is 0. The number of nitrogens with zero attached hydrogens (tertiary/aromatic N) is 2. The standard InChI is InChI=1S/C27H40N2/c1-18(26-11-19-5-20(12-26)7-21(6-19)13-26)4-25(29-3-2-28-17-29)27-14-22-8-23(15-27)10-24(9-22)16-27/h2-3,17-25H,4-16H2,1H3. The van der Waals surface area contributed by atoms with Gasteiger partial charge in [0, 0.05) is 18.4 Å². The monoisotopic (exact) mass is 392 g/mol. The molecule has 8 fully saturated rings. The summed E-state index contributed by atoms with van der Waals surface area (Å²) in [6, 6.07) is 0.710. The topological polar surface area (TPSA) is 17.8 Å². The van der Waals surface area contributed by atoms with Crippen LogP contribution in [0.25, 0.3) is 0 Å². The van der Waals surface area contributed by atoms with Gasteiger partial charge in [-0.05, 0) is 136 Å². The molecule has 0 aromatic carbocycles. The molecule has 0 amide bonds. The first kappa shape index (κ1) is 17.8. The lowest BCUT2D eigenvalue weighted by atomic mass is 9.44. The molecule has 0 aliphatic heterocycles. The zero-order valence-corrected chi connectivity index (χ0v) is 18.4. The third kappa shape index (κ3) is 2.69. The van der Waals surface area contributed by atoms with Crippen molar-refractivity contribution in [1.29, 1.82) is 0 Å². The van der Waals surface area contributed by atoms with E-state index in [9.17, 15) is 0 Å². The molecule has 8 aliphatic rings. The van der Waals surface area contributed by atoms with E-state index in [1.807, 2.05) is 6.20 Å². The van der Waals surface area contributed by atoms with Gasteiger partial charge in [-0.15, -0.1) is 0 Å². The van der Waals surface area contributed by atoms with Crippen LogP contribution in [0.5, 0.6) is 0 Å². The molecule has 2 unspecified atom stereocenters. The van der Waals surface area contributed by atoms with Gasteiger partial charge in [0.2, 0.25) is 0 Å². The molecule has 1 heterocycles. The van der Waals surface area contributed by atoms with Crippen molar-refractivity contribution in [3.05, 3.63) is 18.7 Å². The number of rotatable bonds is 5. The lowest BCUT2D eigenvalue weighted by molar-refractivity contribution is -0.112. The Bertz CT molecular complexity index is 691. The summed E-state index contributed by atoms with van der Waals surface area (Å²) in [7, 11) is 0. The van der Waals surface area contributed by atoms with Crippen LogP contribution < -0.4 is 0 Å². The Labute approximate surface area is 177 Å². The summed E-state index contributed by atoms with van der Waals surface area (Å²) in [4.78, 5) is 4.53. The fraction of sp³-hybridized carbons (Fsp3) is 0.889. The normalized spacial score (nSPS) is 51.5. The summed E-state index contributed by atoms with van der Waals surface area (Å²) >= 11 is 0. The number of hydrogen-bond acceptors (Lipinski definition) is 1. The Morgan fingerprint density at radius 3 is 1.62 bits per heavy atom. The Morgan fingerprint density at radius 1 is 0.759 bits per heavy atom. The Kier molecular flexibility index (Phi) is 3.77. The van der Waals surface area contributed by atoms with Crippen molar-refractivity contribution in [1.82, 2.24) is 9.55 Å². The van der Waals surface area contributed by atoms with Crippen LogP contribution in [-0.2, 0) is 0 Å². The van der Waals surface area contributed by atoms with E-state index >= 15 is 0 Å². The SMILES string of the molecule is CC(CC(n1ccnc1)C12CC3CC(CC(C3)C1)C2)C12CC3CC(CC(C3)C1)C2. The molecule has 8 bridgehead atoms. The highest BCUT2D eigenvalue weighted by atomic mass is 15.1. The predicted octanol–water partition coefficient (Wildman–Crippen LogP) is 6.88. The van der Waals surface area contributed by atoms with Gasteiger partial charge in [0.15, 0.2) is 0 Å². The summed E-state index contributed by atoms with van der Waals surface area (Å²) in [6.07, 6.45) is 26.6. The Morgan fingerprint density at radius 2 is 1.21 bits per heavy atom. The van der Waals surface area contributed by atoms with Crippen molar-refractivity contribution in [2.24, 2.45) is 52.3 Å². The minimum absolute atomic E-state index is 0.589. The van der Waals surface area contributed by atoms with Gasteiger partial charge >= 0.3 is 0 Å². The maximum atomic E-state index is 4.53. The smallest absolute Gasteiger partial charge is 0.0948 e. The van der Waals surface area contributed by atoms with E-state index in [4.69, 9.17) is 0 Å². The van der Waals surface area contributed by atoms with Crippen LogP contribution in [0.1, 0.15) is 96.4 Å². The molecule has 29 heavy (non-hydrogen) atoms. The van der Waals surface area contributed by atoms with E-state index < -0.39 is 0 Å². The zero-order chi connectivity index (χ0) is 19.2. The maximum absolute atomic E-state index is 4.53. The lowest BCUT2D eigenvalue weighted by Crippen LogP contribution is -2.52. The molecule has 9 rings (SSSR count). The lowest BCUT2D eigenvalue weighted by Gasteiger charge is -2.62. The molecule has 1 aromatic rings. The fourth-order valence-corrected chi connectivity index (χ4v) is 11.1. The van der Waals surface area contributed by atoms with Gasteiger partial charge in [-0.3, -0.25) is 0 Å². The van der Waals surface area contributed by atoms with Gasteiger partial charge in [0.1, 0.15) is 0 Å². The van der Waals surface area contributed by atoms with E-state index in [-0.39, 0.29) is 0 Å². The number of aromatic nitrogens is 2. The van der Waals surface area contributed by atoms with Gasteiger partial charge in [0.05, 0.1) is 6.33 Å². The fourth-order valence-electron chi connectivity index (χ4n) is 11.1. The molecule has 2 heteroatoms. The average molecular weight is 393 g/mol. The molecule has 0 saturated heterocycles. The third-order valence-electron chi connectivity index (χ3n) is 11.4. The zero-order valence-electron chi connectivity index (χ0n) is 18.4. The van der Waals surface area contributed by atoms with Gasteiger partial charge in [-0.2, -0.15) is 0 Å². The van der Waals surface area contributed by atoms with E-state index in [2.05, 4.69) is 29.0 Å². The van der Waals surface area contributed by atoms with Crippen LogP contribution in [0.2, 0.25) is 0 Å². The van der Waals surface area contributed by atoms with Crippen LogP contribution in [-0.4, -0.2) is 9.55 Å². The molecule has 1 aromatic heterocycles. The Hall–Kier alpha value is -0.790. The van der Waals surface area contributed by atoms with Crippen LogP contribution in [0.3, 0.4) is 0 Å². The summed E-state index contributed by atoms with van der Waals surface area (Å²) in [5.41, 5.74) is 1.28. The molecule has 0 radical (unpaired) electrons. The minimum atomic E-state index is 0.589. The van der Waals surface area contributed by atoms with E-state index in [0.717, 1.165) is 41.4 Å². The van der Waals surface area contributed by atoms with E-state index in [0.29, 0.717) is 16.9 Å². The van der Waals surface area contributed by atoms with Gasteiger partial charge in [-0.1, -0.05) is 6.92 Å². The highest BCUT2D eigenvalue weighted by molar-refractivity contribution is 5.09.